The predicted octanol–water partition coefficient (Wildman–Crippen LogP) is 7.21. The standard InChI is InChI=1S/C37H49N5O4S2/c1-26-7-4-5-9-29(10-6-8-26)40-15-17-41(18-16-40)30-13-11-28(12-14-30)35(43)39-37-38-25-34(48-37)47-33-24-31(32(45-3)23-27(33)2)36(44)42-19-21-46-22-20-42/h11-14,23-26,29H,4-10,15-22H2,1-3H3,(H,38,39,43). The Balaban J connectivity index is 1.02. The fourth-order valence-corrected chi connectivity index (χ4v) is 9.02. The quantitative estimate of drug-likeness (QED) is 0.265. The molecule has 2 amide bonds. The van der Waals surface area contributed by atoms with E-state index in [1.54, 1.807) is 18.2 Å². The van der Waals surface area contributed by atoms with Gasteiger partial charge in [-0.2, -0.15) is 0 Å². The highest BCUT2D eigenvalue weighted by Gasteiger charge is 2.26. The molecule has 2 saturated heterocycles. The number of thiazole rings is 1. The fraction of sp³-hybridized carbons (Fsp3) is 0.541. The second-order valence-electron chi connectivity index (χ2n) is 13.3. The molecular formula is C37H49N5O4S2. The number of ether oxygens (including phenoxy) is 2. The maximum atomic E-state index is 13.3. The highest BCUT2D eigenvalue weighted by molar-refractivity contribution is 8.01. The topological polar surface area (TPSA) is 87.2 Å². The van der Waals surface area contributed by atoms with Crippen molar-refractivity contribution < 1.29 is 19.1 Å². The van der Waals surface area contributed by atoms with Crippen LogP contribution in [-0.4, -0.2) is 92.2 Å². The first-order valence-electron chi connectivity index (χ1n) is 17.5. The normalized spacial score (nSPS) is 21.2. The molecule has 2 atom stereocenters. The highest BCUT2D eigenvalue weighted by Crippen LogP contribution is 2.39. The van der Waals surface area contributed by atoms with Gasteiger partial charge in [0.1, 0.15) is 5.75 Å². The van der Waals surface area contributed by atoms with Gasteiger partial charge in [0, 0.05) is 61.5 Å². The molecule has 2 unspecified atom stereocenters. The van der Waals surface area contributed by atoms with Crippen molar-refractivity contribution in [2.24, 2.45) is 5.92 Å². The zero-order valence-electron chi connectivity index (χ0n) is 28.5. The molecule has 3 aliphatic rings. The first-order valence-corrected chi connectivity index (χ1v) is 19.1. The number of carbonyl (C=O) groups excluding carboxylic acids is 2. The number of anilines is 2. The van der Waals surface area contributed by atoms with Crippen LogP contribution >= 0.6 is 23.1 Å². The molecule has 6 rings (SSSR count). The molecule has 0 spiro atoms. The van der Waals surface area contributed by atoms with Gasteiger partial charge in [-0.25, -0.2) is 4.98 Å². The lowest BCUT2D eigenvalue weighted by Crippen LogP contribution is -2.50. The molecule has 1 aliphatic carbocycles. The minimum absolute atomic E-state index is 0.0576. The van der Waals surface area contributed by atoms with E-state index in [1.807, 2.05) is 31.2 Å². The van der Waals surface area contributed by atoms with Crippen LogP contribution in [0.15, 0.2) is 51.7 Å². The van der Waals surface area contributed by atoms with Crippen LogP contribution in [0.25, 0.3) is 0 Å². The van der Waals surface area contributed by atoms with Gasteiger partial charge >= 0.3 is 0 Å². The summed E-state index contributed by atoms with van der Waals surface area (Å²) >= 11 is 2.95. The number of hydrogen-bond donors (Lipinski definition) is 1. The molecule has 1 aromatic heterocycles. The van der Waals surface area contributed by atoms with E-state index in [0.717, 1.165) is 52.8 Å². The number of nitrogens with one attached hydrogen (secondary N) is 1. The van der Waals surface area contributed by atoms with Crippen LogP contribution in [0.2, 0.25) is 0 Å². The molecule has 2 aliphatic heterocycles. The van der Waals surface area contributed by atoms with Gasteiger partial charge in [0.15, 0.2) is 5.13 Å². The molecular weight excluding hydrogens is 643 g/mol. The van der Waals surface area contributed by atoms with Gasteiger partial charge in [0.25, 0.3) is 11.8 Å². The van der Waals surface area contributed by atoms with Crippen molar-refractivity contribution in [1.29, 1.82) is 0 Å². The number of methoxy groups -OCH3 is 1. The largest absolute Gasteiger partial charge is 0.496 e. The van der Waals surface area contributed by atoms with Crippen molar-refractivity contribution in [3.8, 4) is 5.75 Å². The van der Waals surface area contributed by atoms with Crippen LogP contribution in [0.5, 0.6) is 5.75 Å². The highest BCUT2D eigenvalue weighted by atomic mass is 32.2. The first-order chi connectivity index (χ1) is 23.4. The minimum atomic E-state index is -0.175. The summed E-state index contributed by atoms with van der Waals surface area (Å²) in [6, 6.07) is 12.5. The smallest absolute Gasteiger partial charge is 0.257 e. The van der Waals surface area contributed by atoms with Gasteiger partial charge in [-0.1, -0.05) is 62.1 Å². The molecule has 3 aromatic rings. The third-order valence-corrected chi connectivity index (χ3v) is 12.2. The number of carbonyl (C=O) groups is 2. The molecule has 0 radical (unpaired) electrons. The SMILES string of the molecule is COc1cc(C)c(Sc2cnc(NC(=O)c3ccc(N4CCN(C5CCCCC(C)CCC5)CC4)cc3)s2)cc1C(=O)N1CCOCC1. The zero-order valence-corrected chi connectivity index (χ0v) is 30.2. The van der Waals surface area contributed by atoms with Crippen molar-refractivity contribution in [2.45, 2.75) is 73.9 Å². The number of nitrogens with zero attached hydrogens (tertiary/aromatic N) is 4. The summed E-state index contributed by atoms with van der Waals surface area (Å²) < 4.78 is 11.9. The van der Waals surface area contributed by atoms with E-state index in [9.17, 15) is 9.59 Å². The number of amides is 2. The van der Waals surface area contributed by atoms with Gasteiger partial charge in [0.05, 0.1) is 36.3 Å². The van der Waals surface area contributed by atoms with Crippen LogP contribution in [0.4, 0.5) is 10.8 Å². The van der Waals surface area contributed by atoms with E-state index >= 15 is 0 Å². The molecule has 3 heterocycles. The van der Waals surface area contributed by atoms with Crippen molar-refractivity contribution in [3.63, 3.8) is 0 Å². The number of aryl methyl sites for hydroxylation is 1. The third-order valence-electron chi connectivity index (χ3n) is 9.99. The Morgan fingerprint density at radius 2 is 1.67 bits per heavy atom. The first kappa shape index (κ1) is 34.7. The summed E-state index contributed by atoms with van der Waals surface area (Å²) in [5.41, 5.74) is 3.32. The van der Waals surface area contributed by atoms with Crippen LogP contribution in [-0.2, 0) is 4.74 Å². The summed E-state index contributed by atoms with van der Waals surface area (Å²) in [5.74, 6) is 1.21. The molecule has 3 fully saturated rings. The van der Waals surface area contributed by atoms with Gasteiger partial charge in [-0.05, 0) is 67.6 Å². The van der Waals surface area contributed by atoms with E-state index in [1.165, 1.54) is 73.7 Å². The average Bonchev–Trinajstić information content (AvgIpc) is 3.60. The summed E-state index contributed by atoms with van der Waals surface area (Å²) in [6.07, 6.45) is 11.3. The minimum Gasteiger partial charge on any atom is -0.496 e. The van der Waals surface area contributed by atoms with Gasteiger partial charge in [0.2, 0.25) is 0 Å². The van der Waals surface area contributed by atoms with E-state index < -0.39 is 0 Å². The van der Waals surface area contributed by atoms with E-state index in [4.69, 9.17) is 9.47 Å². The monoisotopic (exact) mass is 691 g/mol. The molecule has 1 N–H and O–H groups in total. The summed E-state index contributed by atoms with van der Waals surface area (Å²) in [7, 11) is 1.59. The Kier molecular flexibility index (Phi) is 12.0. The van der Waals surface area contributed by atoms with Gasteiger partial charge < -0.3 is 19.3 Å². The number of piperazine rings is 1. The Labute approximate surface area is 293 Å². The van der Waals surface area contributed by atoms with Crippen LogP contribution < -0.4 is 15.0 Å². The van der Waals surface area contributed by atoms with Gasteiger partial charge in [-0.3, -0.25) is 19.8 Å². The Morgan fingerprint density at radius 3 is 2.42 bits per heavy atom. The summed E-state index contributed by atoms with van der Waals surface area (Å²) in [5, 5.41) is 3.51. The Hall–Kier alpha value is -3.12. The van der Waals surface area contributed by atoms with Crippen LogP contribution in [0.3, 0.4) is 0 Å². The second kappa shape index (κ2) is 16.5. The van der Waals surface area contributed by atoms with E-state index in [0.29, 0.717) is 48.3 Å². The van der Waals surface area contributed by atoms with E-state index in [-0.39, 0.29) is 11.8 Å². The maximum Gasteiger partial charge on any atom is 0.257 e. The fourth-order valence-electron chi connectivity index (χ4n) is 7.08. The third kappa shape index (κ3) is 8.72. The van der Waals surface area contributed by atoms with Crippen molar-refractivity contribution >= 4 is 45.7 Å². The number of aromatic nitrogens is 1. The molecule has 2 aromatic carbocycles. The summed E-state index contributed by atoms with van der Waals surface area (Å²) in [6.45, 7) is 10.9. The van der Waals surface area contributed by atoms with Crippen molar-refractivity contribution in [3.05, 3.63) is 59.3 Å². The van der Waals surface area contributed by atoms with Gasteiger partial charge in [-0.15, -0.1) is 0 Å². The number of hydrogen-bond acceptors (Lipinski definition) is 9. The molecule has 1 saturated carbocycles. The molecule has 11 heteroatoms. The number of benzene rings is 2. The number of rotatable bonds is 8. The van der Waals surface area contributed by atoms with Crippen molar-refractivity contribution in [2.75, 3.05) is 69.8 Å². The average molecular weight is 692 g/mol. The number of morpholine rings is 1. The second-order valence-corrected chi connectivity index (χ2v) is 15.7. The molecule has 48 heavy (non-hydrogen) atoms. The summed E-state index contributed by atoms with van der Waals surface area (Å²) in [4.78, 5) is 38.8. The maximum absolute atomic E-state index is 13.3. The lowest BCUT2D eigenvalue weighted by molar-refractivity contribution is 0.0300. The predicted molar refractivity (Wildman–Crippen MR) is 194 cm³/mol. The lowest BCUT2D eigenvalue weighted by atomic mass is 9.99. The zero-order chi connectivity index (χ0) is 33.5. The Bertz CT molecular complexity index is 1530. The van der Waals surface area contributed by atoms with E-state index in [2.05, 4.69) is 39.2 Å². The van der Waals surface area contributed by atoms with Crippen molar-refractivity contribution in [1.82, 2.24) is 14.8 Å². The molecule has 258 valence electrons. The van der Waals surface area contributed by atoms with Crippen LogP contribution in [0.1, 0.15) is 78.1 Å². The molecule has 0 bridgehead atoms. The lowest BCUT2D eigenvalue weighted by Gasteiger charge is -2.40. The Morgan fingerprint density at radius 1 is 0.958 bits per heavy atom. The molecule has 9 nitrogen and oxygen atoms in total. The van der Waals surface area contributed by atoms with Crippen LogP contribution in [0, 0.1) is 12.8 Å².